The van der Waals surface area contributed by atoms with Gasteiger partial charge in [-0.2, -0.15) is 5.26 Å². The Morgan fingerprint density at radius 2 is 2.42 bits per heavy atom. The second-order valence-electron chi connectivity index (χ2n) is 3.72. The molecule has 0 radical (unpaired) electrons. The van der Waals surface area contributed by atoms with Crippen LogP contribution in [-0.4, -0.2) is 15.9 Å². The first-order valence-corrected chi connectivity index (χ1v) is 6.60. The van der Waals surface area contributed by atoms with E-state index in [1.807, 2.05) is 13.0 Å². The molecule has 2 aromatic heterocycles. The van der Waals surface area contributed by atoms with E-state index < -0.39 is 11.8 Å². The summed E-state index contributed by atoms with van der Waals surface area (Å²) in [7, 11) is 0. The van der Waals surface area contributed by atoms with Gasteiger partial charge in [0.15, 0.2) is 11.1 Å². The van der Waals surface area contributed by atoms with Crippen LogP contribution in [0.3, 0.4) is 0 Å². The van der Waals surface area contributed by atoms with Crippen molar-refractivity contribution in [3.8, 4) is 6.07 Å². The minimum atomic E-state index is -0.949. The molecule has 0 aliphatic carbocycles. The van der Waals surface area contributed by atoms with Crippen LogP contribution in [0.15, 0.2) is 23.7 Å². The first-order valence-electron chi connectivity index (χ1n) is 5.35. The quantitative estimate of drug-likeness (QED) is 0.882. The molecule has 5 nitrogen and oxygen atoms in total. The second-order valence-corrected chi connectivity index (χ2v) is 4.97. The normalized spacial score (nSPS) is 11.6. The summed E-state index contributed by atoms with van der Waals surface area (Å²) in [4.78, 5) is 20.1. The molecule has 96 valence electrons. The number of aromatic nitrogens is 2. The van der Waals surface area contributed by atoms with E-state index >= 15 is 0 Å². The molecule has 1 amide bonds. The van der Waals surface area contributed by atoms with Crippen molar-refractivity contribution in [1.82, 2.24) is 9.97 Å². The first kappa shape index (κ1) is 13.5. The van der Waals surface area contributed by atoms with Gasteiger partial charge < -0.3 is 5.32 Å². The smallest absolute Gasteiger partial charge is 0.248 e. The summed E-state index contributed by atoms with van der Waals surface area (Å²) in [5.74, 6) is -1.42. The molecule has 0 aromatic carbocycles. The fraction of sp³-hybridized carbons (Fsp3) is 0.167. The Balaban J connectivity index is 2.19. The van der Waals surface area contributed by atoms with Gasteiger partial charge in [0.1, 0.15) is 5.01 Å². The minimum Gasteiger partial charge on any atom is -0.322 e. The largest absolute Gasteiger partial charge is 0.322 e. The molecule has 0 fully saturated rings. The number of carbonyl (C=O) groups excluding carboxylic acids is 1. The van der Waals surface area contributed by atoms with Crippen LogP contribution >= 0.6 is 22.9 Å². The standard InChI is InChI=1S/C12H9ClN4OS/c1-7-6-19-12(16-7)8(5-14)11(18)17-9-3-2-4-15-10(9)13/h2-4,6,8H,1H3,(H,17,18)/t8-/m1/s1. The molecule has 19 heavy (non-hydrogen) atoms. The van der Waals surface area contributed by atoms with Crippen molar-refractivity contribution in [1.29, 1.82) is 5.26 Å². The Morgan fingerprint density at radius 1 is 1.63 bits per heavy atom. The number of nitriles is 1. The third-order valence-electron chi connectivity index (χ3n) is 2.29. The number of pyridine rings is 1. The third-order valence-corrected chi connectivity index (χ3v) is 3.62. The molecule has 0 saturated carbocycles. The van der Waals surface area contributed by atoms with Crippen LogP contribution in [0.5, 0.6) is 0 Å². The van der Waals surface area contributed by atoms with Gasteiger partial charge in [-0.05, 0) is 19.1 Å². The monoisotopic (exact) mass is 292 g/mol. The summed E-state index contributed by atoms with van der Waals surface area (Å²) in [5.41, 5.74) is 1.16. The zero-order valence-corrected chi connectivity index (χ0v) is 11.5. The predicted octanol–water partition coefficient (Wildman–Crippen LogP) is 2.75. The van der Waals surface area contributed by atoms with Gasteiger partial charge in [0.05, 0.1) is 11.8 Å². The summed E-state index contributed by atoms with van der Waals surface area (Å²) >= 11 is 7.13. The van der Waals surface area contributed by atoms with E-state index in [2.05, 4.69) is 15.3 Å². The van der Waals surface area contributed by atoms with Gasteiger partial charge in [-0.25, -0.2) is 9.97 Å². The van der Waals surface area contributed by atoms with Crippen LogP contribution in [0.2, 0.25) is 5.15 Å². The van der Waals surface area contributed by atoms with E-state index in [1.54, 1.807) is 17.5 Å². The lowest BCUT2D eigenvalue weighted by Crippen LogP contribution is -2.20. The van der Waals surface area contributed by atoms with Gasteiger partial charge in [0.2, 0.25) is 5.91 Å². The van der Waals surface area contributed by atoms with Gasteiger partial charge in [0.25, 0.3) is 0 Å². The van der Waals surface area contributed by atoms with Crippen LogP contribution < -0.4 is 5.32 Å². The summed E-state index contributed by atoms with van der Waals surface area (Å²) in [6.07, 6.45) is 1.52. The van der Waals surface area contributed by atoms with Crippen molar-refractivity contribution < 1.29 is 4.79 Å². The summed E-state index contributed by atoms with van der Waals surface area (Å²) < 4.78 is 0. The molecule has 7 heteroatoms. The highest BCUT2D eigenvalue weighted by molar-refractivity contribution is 7.09. The lowest BCUT2D eigenvalue weighted by molar-refractivity contribution is -0.116. The third kappa shape index (κ3) is 3.08. The van der Waals surface area contributed by atoms with Gasteiger partial charge in [-0.15, -0.1) is 11.3 Å². The number of hydrogen-bond acceptors (Lipinski definition) is 5. The number of carbonyl (C=O) groups is 1. The molecular weight excluding hydrogens is 284 g/mol. The first-order chi connectivity index (χ1) is 9.11. The zero-order chi connectivity index (χ0) is 13.8. The number of amides is 1. The van der Waals surface area contributed by atoms with Crippen molar-refractivity contribution in [2.45, 2.75) is 12.8 Å². The number of nitrogens with zero attached hydrogens (tertiary/aromatic N) is 3. The molecule has 0 bridgehead atoms. The zero-order valence-electron chi connectivity index (χ0n) is 9.92. The summed E-state index contributed by atoms with van der Waals surface area (Å²) in [5, 5.41) is 14.1. The fourth-order valence-corrected chi connectivity index (χ4v) is 2.42. The fourth-order valence-electron chi connectivity index (χ4n) is 1.41. The van der Waals surface area contributed by atoms with Crippen LogP contribution in [0, 0.1) is 18.3 Å². The predicted molar refractivity (Wildman–Crippen MR) is 73.1 cm³/mol. The highest BCUT2D eigenvalue weighted by Gasteiger charge is 2.24. The van der Waals surface area contributed by atoms with Crippen LogP contribution in [0.25, 0.3) is 0 Å². The lowest BCUT2D eigenvalue weighted by atomic mass is 10.1. The molecule has 0 spiro atoms. The summed E-state index contributed by atoms with van der Waals surface area (Å²) in [6.45, 7) is 1.81. The van der Waals surface area contributed by atoms with E-state index in [-0.39, 0.29) is 5.15 Å². The van der Waals surface area contributed by atoms with E-state index in [1.165, 1.54) is 17.5 Å². The molecule has 0 unspecified atom stereocenters. The highest BCUT2D eigenvalue weighted by Crippen LogP contribution is 2.23. The molecule has 0 aliphatic heterocycles. The maximum absolute atomic E-state index is 12.1. The lowest BCUT2D eigenvalue weighted by Gasteiger charge is -2.08. The minimum absolute atomic E-state index is 0.183. The molecule has 2 rings (SSSR count). The van der Waals surface area contributed by atoms with E-state index in [4.69, 9.17) is 16.9 Å². The molecule has 0 aliphatic rings. The number of rotatable bonds is 3. The Morgan fingerprint density at radius 3 is 3.00 bits per heavy atom. The number of aryl methyl sites for hydroxylation is 1. The van der Waals surface area contributed by atoms with E-state index in [9.17, 15) is 4.79 Å². The average molecular weight is 293 g/mol. The SMILES string of the molecule is Cc1csc([C@H](C#N)C(=O)Nc2cccnc2Cl)n1. The Bertz CT molecular complexity index is 649. The molecule has 2 aromatic rings. The van der Waals surface area contributed by atoms with Gasteiger partial charge >= 0.3 is 0 Å². The molecule has 2 heterocycles. The number of thiazole rings is 1. The maximum atomic E-state index is 12.1. The Hall–Kier alpha value is -1.97. The van der Waals surface area contributed by atoms with Crippen molar-refractivity contribution in [2.75, 3.05) is 5.32 Å². The maximum Gasteiger partial charge on any atom is 0.248 e. The van der Waals surface area contributed by atoms with E-state index in [0.29, 0.717) is 10.7 Å². The van der Waals surface area contributed by atoms with Crippen LogP contribution in [-0.2, 0) is 4.79 Å². The van der Waals surface area contributed by atoms with Crippen molar-refractivity contribution in [3.05, 3.63) is 39.6 Å². The molecule has 0 saturated heterocycles. The van der Waals surface area contributed by atoms with Gasteiger partial charge in [-0.3, -0.25) is 4.79 Å². The van der Waals surface area contributed by atoms with Gasteiger partial charge in [-0.1, -0.05) is 11.6 Å². The summed E-state index contributed by atoms with van der Waals surface area (Å²) in [6, 6.07) is 5.21. The number of halogens is 1. The number of anilines is 1. The second kappa shape index (κ2) is 5.78. The topological polar surface area (TPSA) is 78.7 Å². The van der Waals surface area contributed by atoms with E-state index in [0.717, 1.165) is 5.69 Å². The molecule has 1 N–H and O–H groups in total. The number of hydrogen-bond donors (Lipinski definition) is 1. The average Bonchev–Trinajstić information content (AvgIpc) is 2.80. The Kier molecular flexibility index (Phi) is 4.10. The van der Waals surface area contributed by atoms with Crippen molar-refractivity contribution >= 4 is 34.5 Å². The highest BCUT2D eigenvalue weighted by atomic mass is 35.5. The molecule has 1 atom stereocenters. The van der Waals surface area contributed by atoms with Crippen LogP contribution in [0.4, 0.5) is 5.69 Å². The Labute approximate surface area is 118 Å². The number of nitrogens with one attached hydrogen (secondary N) is 1. The van der Waals surface area contributed by atoms with Crippen LogP contribution in [0.1, 0.15) is 16.6 Å². The van der Waals surface area contributed by atoms with Crippen molar-refractivity contribution in [2.24, 2.45) is 0 Å². The van der Waals surface area contributed by atoms with Crippen molar-refractivity contribution in [3.63, 3.8) is 0 Å². The van der Waals surface area contributed by atoms with Gasteiger partial charge in [0, 0.05) is 17.3 Å². The molecular formula is C12H9ClN4OS.